The Morgan fingerprint density at radius 2 is 1.74 bits per heavy atom. The number of nitrogens with two attached hydrogens (primary N) is 1. The molecule has 2 atom stereocenters. The van der Waals surface area contributed by atoms with Gasteiger partial charge >= 0.3 is 0 Å². The third kappa shape index (κ3) is 8.30. The zero-order valence-corrected chi connectivity index (χ0v) is 27.3. The zero-order valence-electron chi connectivity index (χ0n) is 27.3. The topological polar surface area (TPSA) is 72.7 Å². The molecule has 0 saturated carbocycles. The first kappa shape index (κ1) is 32.8. The SMILES string of the molecule is C=CN1CCN(C2=CC=C(c3cc(N4CC5CCNCC5C4)c4cc(F)c(CC)cc4n3)CN2)CC1.CC.CC(C)(C)N. The average molecular weight is 592 g/mol. The van der Waals surface area contributed by atoms with Gasteiger partial charge in [-0.2, -0.15) is 0 Å². The van der Waals surface area contributed by atoms with E-state index in [0.717, 1.165) is 86.8 Å². The first-order valence-electron chi connectivity index (χ1n) is 16.3. The van der Waals surface area contributed by atoms with E-state index in [1.165, 1.54) is 17.8 Å². The summed E-state index contributed by atoms with van der Waals surface area (Å²) in [5, 5.41) is 8.12. The van der Waals surface area contributed by atoms with Crippen molar-refractivity contribution in [3.63, 3.8) is 0 Å². The Morgan fingerprint density at radius 1 is 1.05 bits per heavy atom. The fourth-order valence-corrected chi connectivity index (χ4v) is 6.26. The number of rotatable bonds is 5. The number of dihydropyridines is 1. The number of piperidine rings is 1. The molecule has 0 amide bonds. The number of fused-ring (bicyclic) bond motifs is 2. The highest BCUT2D eigenvalue weighted by atomic mass is 19.1. The van der Waals surface area contributed by atoms with Crippen molar-refractivity contribution in [3.05, 3.63) is 66.0 Å². The largest absolute Gasteiger partial charge is 0.374 e. The van der Waals surface area contributed by atoms with Crippen LogP contribution in [0.3, 0.4) is 0 Å². The highest BCUT2D eigenvalue weighted by molar-refractivity contribution is 5.94. The van der Waals surface area contributed by atoms with Crippen LogP contribution in [-0.2, 0) is 6.42 Å². The molecule has 6 rings (SSSR count). The molecule has 3 saturated heterocycles. The second-order valence-electron chi connectivity index (χ2n) is 12.9. The number of piperazine rings is 1. The zero-order chi connectivity index (χ0) is 31.1. The van der Waals surface area contributed by atoms with Crippen LogP contribution < -0.4 is 21.3 Å². The highest BCUT2D eigenvalue weighted by Gasteiger charge is 2.35. The third-order valence-corrected chi connectivity index (χ3v) is 8.50. The molecule has 7 nitrogen and oxygen atoms in total. The number of halogens is 1. The summed E-state index contributed by atoms with van der Waals surface area (Å²) in [6.07, 6.45) is 8.21. The Balaban J connectivity index is 0.000000551. The Labute approximate surface area is 259 Å². The van der Waals surface area contributed by atoms with E-state index in [0.29, 0.717) is 18.3 Å². The molecular weight excluding hydrogens is 537 g/mol. The fraction of sp³-hybridized carbons (Fsp3) is 0.571. The van der Waals surface area contributed by atoms with Crippen LogP contribution in [0.15, 0.2) is 49.0 Å². The maximum Gasteiger partial charge on any atom is 0.127 e. The number of pyridine rings is 1. The lowest BCUT2D eigenvalue weighted by Crippen LogP contribution is -2.46. The van der Waals surface area contributed by atoms with Crippen LogP contribution in [0.2, 0.25) is 0 Å². The number of aryl methyl sites for hydroxylation is 1. The summed E-state index contributed by atoms with van der Waals surface area (Å²) in [7, 11) is 0. The Kier molecular flexibility index (Phi) is 11.1. The molecule has 5 heterocycles. The maximum atomic E-state index is 14.9. The summed E-state index contributed by atoms with van der Waals surface area (Å²) in [4.78, 5) is 12.2. The van der Waals surface area contributed by atoms with E-state index < -0.39 is 0 Å². The van der Waals surface area contributed by atoms with Crippen molar-refractivity contribution in [2.24, 2.45) is 17.6 Å². The van der Waals surface area contributed by atoms with Crippen molar-refractivity contribution >= 4 is 22.2 Å². The molecule has 236 valence electrons. The number of nitrogens with one attached hydrogen (secondary N) is 2. The number of anilines is 1. The predicted octanol–water partition coefficient (Wildman–Crippen LogP) is 5.34. The van der Waals surface area contributed by atoms with Gasteiger partial charge in [0.25, 0.3) is 0 Å². The molecule has 2 aromatic rings. The number of benzene rings is 1. The molecule has 1 aromatic heterocycles. The number of hydrogen-bond donors (Lipinski definition) is 3. The highest BCUT2D eigenvalue weighted by Crippen LogP contribution is 2.37. The summed E-state index contributed by atoms with van der Waals surface area (Å²) in [6.45, 7) is 24.7. The van der Waals surface area contributed by atoms with Crippen molar-refractivity contribution < 1.29 is 4.39 Å². The third-order valence-electron chi connectivity index (χ3n) is 8.50. The normalized spacial score (nSPS) is 21.9. The number of allylic oxidation sites excluding steroid dienone is 2. The maximum absolute atomic E-state index is 14.9. The van der Waals surface area contributed by atoms with Crippen LogP contribution >= 0.6 is 0 Å². The van der Waals surface area contributed by atoms with E-state index in [2.05, 4.69) is 50.1 Å². The summed E-state index contributed by atoms with van der Waals surface area (Å²) in [6, 6.07) is 5.88. The Morgan fingerprint density at radius 3 is 2.35 bits per heavy atom. The predicted molar refractivity (Wildman–Crippen MR) is 180 cm³/mol. The number of aromatic nitrogens is 1. The Bertz CT molecular complexity index is 1280. The van der Waals surface area contributed by atoms with Crippen LogP contribution in [-0.4, -0.2) is 79.2 Å². The van der Waals surface area contributed by atoms with Gasteiger partial charge in [-0.15, -0.1) is 0 Å². The summed E-state index contributed by atoms with van der Waals surface area (Å²) >= 11 is 0. The molecule has 4 aliphatic heterocycles. The van der Waals surface area contributed by atoms with Crippen LogP contribution in [0.4, 0.5) is 10.1 Å². The molecule has 8 heteroatoms. The minimum absolute atomic E-state index is 0. The average Bonchev–Trinajstić information content (AvgIpc) is 3.45. The van der Waals surface area contributed by atoms with Crippen LogP contribution in [0.25, 0.3) is 16.5 Å². The lowest BCUT2D eigenvalue weighted by molar-refractivity contribution is 0.196. The van der Waals surface area contributed by atoms with Gasteiger partial charge in [-0.3, -0.25) is 0 Å². The number of nitrogens with zero attached hydrogens (tertiary/aromatic N) is 4. The van der Waals surface area contributed by atoms with E-state index in [1.54, 1.807) is 6.07 Å². The lowest BCUT2D eigenvalue weighted by Gasteiger charge is -2.37. The molecule has 0 radical (unpaired) electrons. The smallest absolute Gasteiger partial charge is 0.127 e. The van der Waals surface area contributed by atoms with Gasteiger partial charge in [-0.1, -0.05) is 33.4 Å². The summed E-state index contributed by atoms with van der Waals surface area (Å²) < 4.78 is 14.9. The van der Waals surface area contributed by atoms with E-state index >= 15 is 0 Å². The van der Waals surface area contributed by atoms with Gasteiger partial charge in [0.15, 0.2) is 0 Å². The Hall–Kier alpha value is -3.10. The van der Waals surface area contributed by atoms with Crippen LogP contribution in [0.1, 0.15) is 59.2 Å². The van der Waals surface area contributed by atoms with Gasteiger partial charge in [-0.25, -0.2) is 9.37 Å². The van der Waals surface area contributed by atoms with Crippen LogP contribution in [0.5, 0.6) is 0 Å². The summed E-state index contributed by atoms with van der Waals surface area (Å²) in [5.74, 6) is 2.42. The van der Waals surface area contributed by atoms with Gasteiger partial charge < -0.3 is 31.1 Å². The molecular formula is C35H54FN7. The standard InChI is InChI=1S/C29H37FN6.C4H11N.C2H6/c1-3-20-13-27-24(14-25(20)30)28(36-18-22-7-8-31-16-23(22)19-36)15-26(33-27)21-5-6-29(32-17-21)35-11-9-34(4-2)10-12-35;1-4(2,3)5;1-2/h4-6,13-15,22-23,31-32H,2-3,7-12,16-19H2,1H3;5H2,1-3H3;1-2H3. The summed E-state index contributed by atoms with van der Waals surface area (Å²) in [5.41, 5.74) is 10.3. The molecule has 0 bridgehead atoms. The fourth-order valence-electron chi connectivity index (χ4n) is 6.26. The molecule has 43 heavy (non-hydrogen) atoms. The van der Waals surface area contributed by atoms with Gasteiger partial charge in [0.1, 0.15) is 11.6 Å². The van der Waals surface area contributed by atoms with Gasteiger partial charge in [0, 0.05) is 62.4 Å². The lowest BCUT2D eigenvalue weighted by atomic mass is 9.90. The van der Waals surface area contributed by atoms with Gasteiger partial charge in [-0.05, 0) is 100 Å². The van der Waals surface area contributed by atoms with Gasteiger partial charge in [0.05, 0.1) is 11.2 Å². The molecule has 0 aliphatic carbocycles. The second kappa shape index (κ2) is 14.6. The first-order valence-corrected chi connectivity index (χ1v) is 16.3. The monoisotopic (exact) mass is 591 g/mol. The quantitative estimate of drug-likeness (QED) is 0.434. The van der Waals surface area contributed by atoms with Crippen molar-refractivity contribution in [2.45, 2.75) is 59.9 Å². The van der Waals surface area contributed by atoms with E-state index in [1.807, 2.05) is 53.8 Å². The van der Waals surface area contributed by atoms with E-state index in [4.69, 9.17) is 10.7 Å². The molecule has 4 aliphatic rings. The van der Waals surface area contributed by atoms with Crippen molar-refractivity contribution in [2.75, 3.05) is 63.8 Å². The van der Waals surface area contributed by atoms with Crippen molar-refractivity contribution in [3.8, 4) is 0 Å². The molecule has 0 spiro atoms. The molecule has 3 fully saturated rings. The van der Waals surface area contributed by atoms with Crippen molar-refractivity contribution in [1.29, 1.82) is 0 Å². The van der Waals surface area contributed by atoms with Crippen molar-refractivity contribution in [1.82, 2.24) is 25.4 Å². The minimum Gasteiger partial charge on any atom is -0.374 e. The van der Waals surface area contributed by atoms with E-state index in [9.17, 15) is 4.39 Å². The minimum atomic E-state index is -0.123. The number of hydrogen-bond acceptors (Lipinski definition) is 7. The second-order valence-corrected chi connectivity index (χ2v) is 12.9. The van der Waals surface area contributed by atoms with Crippen LogP contribution in [0, 0.1) is 17.7 Å². The molecule has 2 unspecified atom stereocenters. The van der Waals surface area contributed by atoms with E-state index in [-0.39, 0.29) is 11.4 Å². The van der Waals surface area contributed by atoms with Gasteiger partial charge in [0.2, 0.25) is 0 Å². The molecule has 4 N–H and O–H groups in total. The first-order chi connectivity index (χ1) is 20.6. The molecule has 1 aromatic carbocycles.